The van der Waals surface area contributed by atoms with E-state index in [1.807, 2.05) is 40.3 Å². The number of hydrogen-bond donors (Lipinski definition) is 1. The number of nitrogens with one attached hydrogen (secondary N) is 1. The molecule has 0 spiro atoms. The van der Waals surface area contributed by atoms with Crippen molar-refractivity contribution in [3.8, 4) is 16.9 Å². The van der Waals surface area contributed by atoms with Gasteiger partial charge >= 0.3 is 0 Å². The number of thiazole rings is 1. The largest absolute Gasteiger partial charge is 0.284 e. The van der Waals surface area contributed by atoms with E-state index in [0.717, 1.165) is 16.9 Å². The number of nitrogens with zero attached hydrogens (tertiary/aromatic N) is 5. The summed E-state index contributed by atoms with van der Waals surface area (Å²) in [6, 6.07) is 17.6. The Hall–Kier alpha value is -3.83. The number of non-ortho nitro benzene ring substituents is 1. The van der Waals surface area contributed by atoms with E-state index in [1.54, 1.807) is 30.6 Å². The van der Waals surface area contributed by atoms with Gasteiger partial charge in [0.15, 0.2) is 5.16 Å². The van der Waals surface area contributed by atoms with E-state index in [1.165, 1.54) is 35.2 Å². The highest BCUT2D eigenvalue weighted by atomic mass is 32.2. The fourth-order valence-electron chi connectivity index (χ4n) is 2.80. The number of thioether (sulfide) groups is 1. The molecule has 0 fully saturated rings. The minimum absolute atomic E-state index is 0.0207. The summed E-state index contributed by atoms with van der Waals surface area (Å²) in [7, 11) is 0. The van der Waals surface area contributed by atoms with Crippen LogP contribution < -0.4 is 10.2 Å². The zero-order chi connectivity index (χ0) is 22.3. The Morgan fingerprint density at radius 3 is 2.50 bits per heavy atom. The maximum atomic E-state index is 12.3. The Labute approximate surface area is 190 Å². The second-order valence-corrected chi connectivity index (χ2v) is 8.12. The molecule has 160 valence electrons. The summed E-state index contributed by atoms with van der Waals surface area (Å²) in [6.07, 6.45) is 3.23. The molecule has 2 aromatic heterocycles. The summed E-state index contributed by atoms with van der Waals surface area (Å²) >= 11 is 2.57. The van der Waals surface area contributed by atoms with Gasteiger partial charge in [0.1, 0.15) is 0 Å². The van der Waals surface area contributed by atoms with Crippen LogP contribution in [-0.2, 0) is 4.79 Å². The minimum atomic E-state index is -0.433. The van der Waals surface area contributed by atoms with Gasteiger partial charge in [0, 0.05) is 35.6 Å². The fraction of sp³-hybridized carbons (Fsp3) is 0.0476. The highest BCUT2D eigenvalue weighted by Crippen LogP contribution is 2.25. The van der Waals surface area contributed by atoms with Crippen molar-refractivity contribution in [2.45, 2.75) is 5.16 Å². The van der Waals surface area contributed by atoms with Crippen LogP contribution in [0.3, 0.4) is 0 Å². The first-order chi connectivity index (χ1) is 15.6. The molecule has 0 radical (unpaired) electrons. The van der Waals surface area contributed by atoms with Crippen LogP contribution in [0.25, 0.3) is 16.9 Å². The Kier molecular flexibility index (Phi) is 6.68. The van der Waals surface area contributed by atoms with Gasteiger partial charge in [0.05, 0.1) is 16.4 Å². The third-order valence-electron chi connectivity index (χ3n) is 4.25. The molecule has 9 nitrogen and oxygen atoms in total. The average molecular weight is 465 g/mol. The second-order valence-electron chi connectivity index (χ2n) is 6.35. The zero-order valence-electron chi connectivity index (χ0n) is 16.5. The molecular weight excluding hydrogens is 448 g/mol. The Morgan fingerprint density at radius 2 is 1.81 bits per heavy atom. The van der Waals surface area contributed by atoms with E-state index in [-0.39, 0.29) is 17.3 Å². The highest BCUT2D eigenvalue weighted by molar-refractivity contribution is 7.99. The van der Waals surface area contributed by atoms with E-state index in [9.17, 15) is 14.9 Å². The number of aromatic nitrogens is 3. The summed E-state index contributed by atoms with van der Waals surface area (Å²) in [5.74, 6) is -0.160. The lowest BCUT2D eigenvalue weighted by atomic mass is 10.1. The Bertz CT molecular complexity index is 1290. The van der Waals surface area contributed by atoms with Crippen molar-refractivity contribution in [3.63, 3.8) is 0 Å². The number of hydrogen-bond acceptors (Lipinski definition) is 8. The van der Waals surface area contributed by atoms with Gasteiger partial charge in [-0.05, 0) is 35.9 Å². The fourth-order valence-corrected chi connectivity index (χ4v) is 4.27. The van der Waals surface area contributed by atoms with Gasteiger partial charge in [-0.3, -0.25) is 19.5 Å². The van der Waals surface area contributed by atoms with E-state index in [4.69, 9.17) is 0 Å². The van der Waals surface area contributed by atoms with Crippen molar-refractivity contribution in [2.24, 2.45) is 5.10 Å². The van der Waals surface area contributed by atoms with Gasteiger partial charge < -0.3 is 0 Å². The normalized spacial score (nSPS) is 11.3. The molecule has 0 aliphatic carbocycles. The van der Waals surface area contributed by atoms with E-state index >= 15 is 0 Å². The first kappa shape index (κ1) is 21.4. The van der Waals surface area contributed by atoms with Crippen LogP contribution in [0.2, 0.25) is 0 Å². The molecule has 0 aliphatic rings. The van der Waals surface area contributed by atoms with Crippen LogP contribution in [-0.4, -0.2) is 31.1 Å². The second kappa shape index (κ2) is 9.98. The van der Waals surface area contributed by atoms with Gasteiger partial charge in [0.25, 0.3) is 11.6 Å². The predicted octanol–water partition coefficient (Wildman–Crippen LogP) is 3.63. The Morgan fingerprint density at radius 1 is 1.09 bits per heavy atom. The van der Waals surface area contributed by atoms with E-state index in [0.29, 0.717) is 9.96 Å². The third-order valence-corrected chi connectivity index (χ3v) is 5.95. The number of amides is 1. The van der Waals surface area contributed by atoms with Crippen LogP contribution in [0, 0.1) is 10.1 Å². The predicted molar refractivity (Wildman–Crippen MR) is 122 cm³/mol. The highest BCUT2D eigenvalue weighted by Gasteiger charge is 2.12. The van der Waals surface area contributed by atoms with Crippen molar-refractivity contribution in [2.75, 3.05) is 5.75 Å². The summed E-state index contributed by atoms with van der Waals surface area (Å²) < 4.78 is 1.89. The molecule has 32 heavy (non-hydrogen) atoms. The number of carbonyl (C=O) groups is 1. The molecule has 2 heterocycles. The molecule has 0 aliphatic heterocycles. The molecule has 0 saturated carbocycles. The van der Waals surface area contributed by atoms with Crippen LogP contribution in [0.15, 0.2) is 88.7 Å². The monoisotopic (exact) mass is 464 g/mol. The van der Waals surface area contributed by atoms with E-state index in [2.05, 4.69) is 20.5 Å². The molecule has 0 bridgehead atoms. The molecule has 4 rings (SSSR count). The van der Waals surface area contributed by atoms with Crippen LogP contribution in [0.5, 0.6) is 0 Å². The first-order valence-electron chi connectivity index (χ1n) is 9.35. The van der Waals surface area contributed by atoms with Crippen molar-refractivity contribution < 1.29 is 9.72 Å². The summed E-state index contributed by atoms with van der Waals surface area (Å²) in [5, 5.41) is 17.7. The first-order valence-corrected chi connectivity index (χ1v) is 11.2. The lowest BCUT2D eigenvalue weighted by Crippen LogP contribution is -2.25. The summed E-state index contributed by atoms with van der Waals surface area (Å²) in [6.45, 7) is 0. The van der Waals surface area contributed by atoms with Gasteiger partial charge in [0.2, 0.25) is 4.80 Å². The van der Waals surface area contributed by atoms with Crippen molar-refractivity contribution >= 4 is 34.7 Å². The number of para-hydroxylation sites is 1. The standard InChI is InChI=1S/C21H16N6O3S2/c28-19(14-31-20-22-11-4-12-23-20)24-25-21-26(16-5-2-1-3-6-16)18(13-32-21)15-7-9-17(10-8-15)27(29)30/h1-13H,14H2,(H,24,28)/b25-21+. The molecule has 0 saturated heterocycles. The van der Waals surface area contributed by atoms with Crippen molar-refractivity contribution in [3.05, 3.63) is 93.4 Å². The van der Waals surface area contributed by atoms with Gasteiger partial charge in [-0.1, -0.05) is 30.0 Å². The summed E-state index contributed by atoms with van der Waals surface area (Å²) in [4.78, 5) is 31.5. The van der Waals surface area contributed by atoms with Crippen LogP contribution in [0.4, 0.5) is 5.69 Å². The van der Waals surface area contributed by atoms with Gasteiger partial charge in [-0.15, -0.1) is 16.4 Å². The van der Waals surface area contributed by atoms with E-state index < -0.39 is 4.92 Å². The molecular formula is C21H16N6O3S2. The quantitative estimate of drug-likeness (QED) is 0.193. The van der Waals surface area contributed by atoms with Crippen molar-refractivity contribution in [1.29, 1.82) is 0 Å². The van der Waals surface area contributed by atoms with Crippen LogP contribution >= 0.6 is 23.1 Å². The molecule has 0 atom stereocenters. The number of rotatable bonds is 7. The molecule has 1 amide bonds. The smallest absolute Gasteiger partial charge is 0.269 e. The topological polar surface area (TPSA) is 115 Å². The number of nitro benzene ring substituents is 1. The number of nitro groups is 1. The maximum Gasteiger partial charge on any atom is 0.269 e. The molecule has 0 unspecified atom stereocenters. The van der Waals surface area contributed by atoms with Gasteiger partial charge in [-0.25, -0.2) is 15.4 Å². The third kappa shape index (κ3) is 5.07. The zero-order valence-corrected chi connectivity index (χ0v) is 18.1. The average Bonchev–Trinajstić information content (AvgIpc) is 3.26. The molecule has 11 heteroatoms. The SMILES string of the molecule is O=C(CSc1ncccn1)N/N=c1/scc(-c2ccc([N+](=O)[O-])cc2)n1-c1ccccc1. The lowest BCUT2D eigenvalue weighted by molar-refractivity contribution is -0.384. The minimum Gasteiger partial charge on any atom is -0.284 e. The number of carbonyl (C=O) groups excluding carboxylic acids is 1. The molecule has 1 N–H and O–H groups in total. The number of benzene rings is 2. The molecule has 2 aromatic carbocycles. The van der Waals surface area contributed by atoms with Gasteiger partial charge in [-0.2, -0.15) is 0 Å². The lowest BCUT2D eigenvalue weighted by Gasteiger charge is -2.09. The molecule has 4 aromatic rings. The maximum absolute atomic E-state index is 12.3. The van der Waals surface area contributed by atoms with Crippen molar-refractivity contribution in [1.82, 2.24) is 20.0 Å². The van der Waals surface area contributed by atoms with Crippen LogP contribution in [0.1, 0.15) is 0 Å². The summed E-state index contributed by atoms with van der Waals surface area (Å²) in [5.41, 5.74) is 5.04. The Balaban J connectivity index is 1.62.